The Hall–Kier alpha value is -3.70. The van der Waals surface area contributed by atoms with Crippen molar-refractivity contribution in [3.05, 3.63) is 65.3 Å². The molecule has 1 N–H and O–H groups in total. The third-order valence-corrected chi connectivity index (χ3v) is 7.24. The number of esters is 1. The van der Waals surface area contributed by atoms with Crippen LogP contribution in [0, 0.1) is 5.82 Å². The van der Waals surface area contributed by atoms with Crippen LogP contribution in [0.5, 0.6) is 5.75 Å². The lowest BCUT2D eigenvalue weighted by Gasteiger charge is -2.09. The van der Waals surface area contributed by atoms with Crippen LogP contribution in [0.1, 0.15) is 24.2 Å². The largest absolute Gasteiger partial charge is 0.494 e. The van der Waals surface area contributed by atoms with Crippen LogP contribution in [-0.4, -0.2) is 46.1 Å². The van der Waals surface area contributed by atoms with Gasteiger partial charge >= 0.3 is 5.97 Å². The van der Waals surface area contributed by atoms with Gasteiger partial charge in [0.15, 0.2) is 11.0 Å². The Morgan fingerprint density at radius 1 is 1.05 bits per heavy atom. The molecule has 37 heavy (non-hydrogen) atoms. The average Bonchev–Trinajstić information content (AvgIpc) is 3.52. The molecule has 0 bridgehead atoms. The number of methoxy groups -OCH3 is 1. The van der Waals surface area contributed by atoms with E-state index in [0.29, 0.717) is 40.3 Å². The maximum Gasteiger partial charge on any atom is 0.341 e. The molecule has 0 fully saturated rings. The number of hydrogen-bond acceptors (Lipinski definition) is 8. The van der Waals surface area contributed by atoms with E-state index in [1.807, 2.05) is 42.7 Å². The Balaban J connectivity index is 1.48. The summed E-state index contributed by atoms with van der Waals surface area (Å²) in [4.78, 5) is 25.3. The number of carbonyl (C=O) groups is 2. The van der Waals surface area contributed by atoms with Crippen molar-refractivity contribution in [2.24, 2.45) is 0 Å². The number of carbonyl (C=O) groups excluding carboxylic acids is 2. The zero-order chi connectivity index (χ0) is 26.4. The van der Waals surface area contributed by atoms with Crippen LogP contribution in [0.25, 0.3) is 22.5 Å². The standard InChI is InChI=1S/C26H25FN4O4S2/c1-4-31-23(17-8-12-19(13-9-17)35-5-2)29-30-26(31)37-15-21(32)28-24-22(25(33)34-3)20(14-36-24)16-6-10-18(27)11-7-16/h6-14H,4-5,15H2,1-3H3,(H,28,32). The number of nitrogens with zero attached hydrogens (tertiary/aromatic N) is 3. The molecule has 0 unspecified atom stereocenters. The van der Waals surface area contributed by atoms with Crippen LogP contribution in [0.3, 0.4) is 0 Å². The minimum absolute atomic E-state index is 0.0613. The van der Waals surface area contributed by atoms with E-state index in [1.165, 1.54) is 42.3 Å². The molecule has 0 radical (unpaired) electrons. The summed E-state index contributed by atoms with van der Waals surface area (Å²) in [5.41, 5.74) is 2.33. The number of ether oxygens (including phenoxy) is 2. The highest BCUT2D eigenvalue weighted by atomic mass is 32.2. The highest BCUT2D eigenvalue weighted by Gasteiger charge is 2.23. The Kier molecular flexibility index (Phi) is 8.57. The molecule has 8 nitrogen and oxygen atoms in total. The van der Waals surface area contributed by atoms with Gasteiger partial charge < -0.3 is 19.4 Å². The lowest BCUT2D eigenvalue weighted by atomic mass is 10.0. The Labute approximate surface area is 221 Å². The third kappa shape index (κ3) is 6.00. The Morgan fingerprint density at radius 3 is 2.41 bits per heavy atom. The Morgan fingerprint density at radius 2 is 1.76 bits per heavy atom. The number of aromatic nitrogens is 3. The van der Waals surface area contributed by atoms with E-state index in [9.17, 15) is 14.0 Å². The quantitative estimate of drug-likeness (QED) is 0.202. The number of amides is 1. The SMILES string of the molecule is CCOc1ccc(-c2nnc(SCC(=O)Nc3scc(-c4ccc(F)cc4)c3C(=O)OC)n2CC)cc1. The summed E-state index contributed by atoms with van der Waals surface area (Å²) in [6.07, 6.45) is 0. The molecule has 192 valence electrons. The van der Waals surface area contributed by atoms with Gasteiger partial charge in [-0.1, -0.05) is 23.9 Å². The Bertz CT molecular complexity index is 1380. The number of anilines is 1. The monoisotopic (exact) mass is 540 g/mol. The molecule has 0 aliphatic heterocycles. The molecule has 0 saturated carbocycles. The molecule has 0 aliphatic carbocycles. The van der Waals surface area contributed by atoms with Crippen molar-refractivity contribution in [3.8, 4) is 28.3 Å². The van der Waals surface area contributed by atoms with Gasteiger partial charge in [-0.25, -0.2) is 9.18 Å². The topological polar surface area (TPSA) is 95.3 Å². The van der Waals surface area contributed by atoms with Gasteiger partial charge in [0.25, 0.3) is 0 Å². The van der Waals surface area contributed by atoms with Crippen molar-refractivity contribution in [3.63, 3.8) is 0 Å². The lowest BCUT2D eigenvalue weighted by Crippen LogP contribution is -2.16. The predicted molar refractivity (Wildman–Crippen MR) is 143 cm³/mol. The molecule has 0 spiro atoms. The van der Waals surface area contributed by atoms with Crippen molar-refractivity contribution >= 4 is 40.0 Å². The van der Waals surface area contributed by atoms with E-state index in [4.69, 9.17) is 9.47 Å². The number of thiophene rings is 1. The van der Waals surface area contributed by atoms with E-state index in [0.717, 1.165) is 11.3 Å². The summed E-state index contributed by atoms with van der Waals surface area (Å²) in [6, 6.07) is 13.4. The molecule has 2 aromatic heterocycles. The second-order valence-electron chi connectivity index (χ2n) is 7.70. The van der Waals surface area contributed by atoms with Crippen LogP contribution >= 0.6 is 23.1 Å². The van der Waals surface area contributed by atoms with Gasteiger partial charge in [0, 0.05) is 23.1 Å². The van der Waals surface area contributed by atoms with Crippen LogP contribution in [0.4, 0.5) is 9.39 Å². The fourth-order valence-electron chi connectivity index (χ4n) is 3.65. The minimum Gasteiger partial charge on any atom is -0.494 e. The second kappa shape index (κ2) is 12.0. The lowest BCUT2D eigenvalue weighted by molar-refractivity contribution is -0.113. The first kappa shape index (κ1) is 26.4. The second-order valence-corrected chi connectivity index (χ2v) is 9.52. The van der Waals surface area contributed by atoms with E-state index in [2.05, 4.69) is 15.5 Å². The first-order valence-corrected chi connectivity index (χ1v) is 13.4. The highest BCUT2D eigenvalue weighted by Crippen LogP contribution is 2.36. The summed E-state index contributed by atoms with van der Waals surface area (Å²) in [6.45, 7) is 5.13. The van der Waals surface area contributed by atoms with Gasteiger partial charge in [-0.3, -0.25) is 4.79 Å². The summed E-state index contributed by atoms with van der Waals surface area (Å²) in [5.74, 6) is 0.261. The van der Waals surface area contributed by atoms with Crippen LogP contribution in [-0.2, 0) is 16.1 Å². The fraction of sp³-hybridized carbons (Fsp3) is 0.231. The van der Waals surface area contributed by atoms with E-state index in [-0.39, 0.29) is 23.0 Å². The maximum absolute atomic E-state index is 13.4. The molecular formula is C26H25FN4O4S2. The van der Waals surface area contributed by atoms with Gasteiger partial charge in [-0.15, -0.1) is 21.5 Å². The molecule has 11 heteroatoms. The first-order chi connectivity index (χ1) is 17.9. The molecule has 0 atom stereocenters. The van der Waals surface area contributed by atoms with E-state index >= 15 is 0 Å². The molecule has 4 aromatic rings. The minimum atomic E-state index is -0.589. The van der Waals surface area contributed by atoms with Gasteiger partial charge in [0.2, 0.25) is 5.91 Å². The van der Waals surface area contributed by atoms with Crippen molar-refractivity contribution < 1.29 is 23.5 Å². The smallest absolute Gasteiger partial charge is 0.341 e. The molecule has 1 amide bonds. The predicted octanol–water partition coefficient (Wildman–Crippen LogP) is 5.75. The highest BCUT2D eigenvalue weighted by molar-refractivity contribution is 7.99. The summed E-state index contributed by atoms with van der Waals surface area (Å²) in [7, 11) is 1.27. The van der Waals surface area contributed by atoms with Crippen molar-refractivity contribution in [2.75, 3.05) is 24.8 Å². The van der Waals surface area contributed by atoms with Gasteiger partial charge in [-0.2, -0.15) is 0 Å². The number of rotatable bonds is 10. The summed E-state index contributed by atoms with van der Waals surface area (Å²) < 4.78 is 25.7. The molecule has 0 aliphatic rings. The van der Waals surface area contributed by atoms with Crippen LogP contribution < -0.4 is 10.1 Å². The van der Waals surface area contributed by atoms with Crippen molar-refractivity contribution in [1.82, 2.24) is 14.8 Å². The van der Waals surface area contributed by atoms with E-state index < -0.39 is 5.97 Å². The van der Waals surface area contributed by atoms with Gasteiger partial charge in [0.05, 0.1) is 19.5 Å². The summed E-state index contributed by atoms with van der Waals surface area (Å²) >= 11 is 2.45. The molecular weight excluding hydrogens is 515 g/mol. The normalized spacial score (nSPS) is 10.8. The van der Waals surface area contributed by atoms with Crippen LogP contribution in [0.2, 0.25) is 0 Å². The average molecular weight is 541 g/mol. The zero-order valence-electron chi connectivity index (χ0n) is 20.5. The third-order valence-electron chi connectivity index (χ3n) is 5.38. The summed E-state index contributed by atoms with van der Waals surface area (Å²) in [5, 5.41) is 14.1. The number of hydrogen-bond donors (Lipinski definition) is 1. The molecule has 2 heterocycles. The van der Waals surface area contributed by atoms with E-state index in [1.54, 1.807) is 17.5 Å². The van der Waals surface area contributed by atoms with Crippen LogP contribution in [0.15, 0.2) is 59.1 Å². The molecule has 4 rings (SSSR count). The molecule has 0 saturated heterocycles. The number of thioether (sulfide) groups is 1. The maximum atomic E-state index is 13.4. The number of benzene rings is 2. The number of halogens is 1. The number of nitrogens with one attached hydrogen (secondary N) is 1. The van der Waals surface area contributed by atoms with Crippen molar-refractivity contribution in [1.29, 1.82) is 0 Å². The van der Waals surface area contributed by atoms with Gasteiger partial charge in [-0.05, 0) is 55.8 Å². The zero-order valence-corrected chi connectivity index (χ0v) is 22.1. The molecule has 2 aromatic carbocycles. The fourth-order valence-corrected chi connectivity index (χ4v) is 5.43. The van der Waals surface area contributed by atoms with Crippen molar-refractivity contribution in [2.45, 2.75) is 25.5 Å². The first-order valence-electron chi connectivity index (χ1n) is 11.5. The van der Waals surface area contributed by atoms with Gasteiger partial charge in [0.1, 0.15) is 22.1 Å².